The van der Waals surface area contributed by atoms with Gasteiger partial charge in [0.2, 0.25) is 0 Å². The summed E-state index contributed by atoms with van der Waals surface area (Å²) in [6.45, 7) is 4.44. The van der Waals surface area contributed by atoms with Crippen LogP contribution in [0.4, 0.5) is 11.5 Å². The lowest BCUT2D eigenvalue weighted by Crippen LogP contribution is -2.26. The number of hydrogen-bond acceptors (Lipinski definition) is 3. The standard InChI is InChI=1S/C13H20BrN3/c1-2-10-4-3-6-17(7-5-10)13-12(15)8-11(14)9-16-13/h8-10H,2-7,15H2,1H3. The summed E-state index contributed by atoms with van der Waals surface area (Å²) in [5.74, 6) is 1.82. The van der Waals surface area contributed by atoms with Gasteiger partial charge in [0, 0.05) is 23.8 Å². The smallest absolute Gasteiger partial charge is 0.151 e. The Morgan fingerprint density at radius 3 is 3.00 bits per heavy atom. The summed E-state index contributed by atoms with van der Waals surface area (Å²) in [5, 5.41) is 0. The monoisotopic (exact) mass is 297 g/mol. The van der Waals surface area contributed by atoms with Crippen molar-refractivity contribution in [3.05, 3.63) is 16.7 Å². The number of aromatic nitrogens is 1. The molecule has 1 fully saturated rings. The quantitative estimate of drug-likeness (QED) is 0.909. The van der Waals surface area contributed by atoms with Crippen molar-refractivity contribution in [3.8, 4) is 0 Å². The first-order valence-corrected chi connectivity index (χ1v) is 7.16. The molecule has 17 heavy (non-hydrogen) atoms. The minimum Gasteiger partial charge on any atom is -0.396 e. The van der Waals surface area contributed by atoms with Crippen LogP contribution in [0.3, 0.4) is 0 Å². The van der Waals surface area contributed by atoms with Crippen LogP contribution in [0.1, 0.15) is 32.6 Å². The van der Waals surface area contributed by atoms with E-state index in [0.29, 0.717) is 0 Å². The van der Waals surface area contributed by atoms with Crippen LogP contribution in [0.5, 0.6) is 0 Å². The van der Waals surface area contributed by atoms with Gasteiger partial charge in [-0.1, -0.05) is 13.3 Å². The molecule has 3 nitrogen and oxygen atoms in total. The number of hydrogen-bond donors (Lipinski definition) is 1. The first-order valence-electron chi connectivity index (χ1n) is 6.36. The van der Waals surface area contributed by atoms with Crippen LogP contribution in [0, 0.1) is 5.92 Å². The lowest BCUT2D eigenvalue weighted by molar-refractivity contribution is 0.459. The maximum Gasteiger partial charge on any atom is 0.151 e. The van der Waals surface area contributed by atoms with Crippen LogP contribution in [0.25, 0.3) is 0 Å². The lowest BCUT2D eigenvalue weighted by atomic mass is 9.98. The zero-order valence-electron chi connectivity index (χ0n) is 10.3. The number of anilines is 2. The molecule has 1 aromatic rings. The van der Waals surface area contributed by atoms with Gasteiger partial charge < -0.3 is 10.6 Å². The molecule has 1 atom stereocenters. The average Bonchev–Trinajstić information content (AvgIpc) is 2.54. The maximum absolute atomic E-state index is 6.04. The van der Waals surface area contributed by atoms with E-state index in [0.717, 1.165) is 35.0 Å². The van der Waals surface area contributed by atoms with Crippen LogP contribution < -0.4 is 10.6 Å². The minimum atomic E-state index is 0.773. The molecule has 0 aromatic carbocycles. The molecule has 0 spiro atoms. The van der Waals surface area contributed by atoms with Gasteiger partial charge in [-0.05, 0) is 47.2 Å². The second-order valence-corrected chi connectivity index (χ2v) is 5.67. The van der Waals surface area contributed by atoms with Crippen molar-refractivity contribution in [1.82, 2.24) is 4.98 Å². The Bertz CT molecular complexity index is 381. The Morgan fingerprint density at radius 1 is 1.47 bits per heavy atom. The Labute approximate surface area is 112 Å². The van der Waals surface area contributed by atoms with E-state index >= 15 is 0 Å². The topological polar surface area (TPSA) is 42.2 Å². The number of halogens is 1. The summed E-state index contributed by atoms with van der Waals surface area (Å²) < 4.78 is 0.944. The summed E-state index contributed by atoms with van der Waals surface area (Å²) >= 11 is 3.40. The van der Waals surface area contributed by atoms with Crippen molar-refractivity contribution < 1.29 is 0 Å². The lowest BCUT2D eigenvalue weighted by Gasteiger charge is -2.23. The number of nitrogens with two attached hydrogens (primary N) is 1. The van der Waals surface area contributed by atoms with E-state index in [-0.39, 0.29) is 0 Å². The maximum atomic E-state index is 6.04. The van der Waals surface area contributed by atoms with E-state index in [2.05, 4.69) is 32.7 Å². The van der Waals surface area contributed by atoms with Gasteiger partial charge in [0.25, 0.3) is 0 Å². The summed E-state index contributed by atoms with van der Waals surface area (Å²) in [5.41, 5.74) is 6.81. The van der Waals surface area contributed by atoms with Crippen LogP contribution >= 0.6 is 15.9 Å². The molecule has 0 radical (unpaired) electrons. The molecule has 0 amide bonds. The van der Waals surface area contributed by atoms with Gasteiger partial charge in [0.05, 0.1) is 5.69 Å². The minimum absolute atomic E-state index is 0.773. The third-order valence-electron chi connectivity index (χ3n) is 3.59. The van der Waals surface area contributed by atoms with E-state index in [1.165, 1.54) is 25.7 Å². The van der Waals surface area contributed by atoms with Gasteiger partial charge >= 0.3 is 0 Å². The van der Waals surface area contributed by atoms with E-state index in [1.54, 1.807) is 0 Å². The van der Waals surface area contributed by atoms with Crippen LogP contribution in [-0.2, 0) is 0 Å². The first kappa shape index (κ1) is 12.7. The molecule has 1 aliphatic rings. The summed E-state index contributed by atoms with van der Waals surface area (Å²) in [7, 11) is 0. The Hall–Kier alpha value is -0.770. The Balaban J connectivity index is 2.11. The fourth-order valence-electron chi connectivity index (χ4n) is 2.50. The van der Waals surface area contributed by atoms with Crippen molar-refractivity contribution in [2.24, 2.45) is 5.92 Å². The van der Waals surface area contributed by atoms with Crippen LogP contribution in [0.2, 0.25) is 0 Å². The van der Waals surface area contributed by atoms with Gasteiger partial charge in [-0.3, -0.25) is 0 Å². The Morgan fingerprint density at radius 2 is 2.29 bits per heavy atom. The SMILES string of the molecule is CCC1CCCN(c2ncc(Br)cc2N)CC1. The average molecular weight is 298 g/mol. The number of nitrogen functional groups attached to an aromatic ring is 1. The molecule has 2 rings (SSSR count). The van der Waals surface area contributed by atoms with Crippen molar-refractivity contribution in [3.63, 3.8) is 0 Å². The molecule has 1 aliphatic heterocycles. The third-order valence-corrected chi connectivity index (χ3v) is 4.02. The second-order valence-electron chi connectivity index (χ2n) is 4.76. The molecule has 0 saturated carbocycles. The molecule has 1 unspecified atom stereocenters. The first-order chi connectivity index (χ1) is 8.20. The molecule has 4 heteroatoms. The molecule has 0 bridgehead atoms. The van der Waals surface area contributed by atoms with Crippen LogP contribution in [0.15, 0.2) is 16.7 Å². The highest BCUT2D eigenvalue weighted by atomic mass is 79.9. The summed E-state index contributed by atoms with van der Waals surface area (Å²) in [4.78, 5) is 6.78. The molecule has 1 aromatic heterocycles. The van der Waals surface area contributed by atoms with Crippen molar-refractivity contribution >= 4 is 27.4 Å². The molecule has 94 valence electrons. The van der Waals surface area contributed by atoms with Crippen molar-refractivity contribution in [2.75, 3.05) is 23.7 Å². The van der Waals surface area contributed by atoms with E-state index < -0.39 is 0 Å². The van der Waals surface area contributed by atoms with Gasteiger partial charge in [-0.15, -0.1) is 0 Å². The highest BCUT2D eigenvalue weighted by Crippen LogP contribution is 2.28. The number of pyridine rings is 1. The fraction of sp³-hybridized carbons (Fsp3) is 0.615. The fourth-order valence-corrected chi connectivity index (χ4v) is 2.85. The largest absolute Gasteiger partial charge is 0.396 e. The second kappa shape index (κ2) is 5.71. The molecule has 2 heterocycles. The van der Waals surface area contributed by atoms with Crippen LogP contribution in [-0.4, -0.2) is 18.1 Å². The predicted molar refractivity (Wildman–Crippen MR) is 76.2 cm³/mol. The molecular weight excluding hydrogens is 278 g/mol. The molecule has 1 saturated heterocycles. The van der Waals surface area contributed by atoms with E-state index in [4.69, 9.17) is 5.73 Å². The van der Waals surface area contributed by atoms with Crippen molar-refractivity contribution in [2.45, 2.75) is 32.6 Å². The zero-order valence-corrected chi connectivity index (χ0v) is 11.9. The van der Waals surface area contributed by atoms with Gasteiger partial charge in [-0.2, -0.15) is 0 Å². The van der Waals surface area contributed by atoms with Gasteiger partial charge in [-0.25, -0.2) is 4.98 Å². The Kier molecular flexibility index (Phi) is 4.26. The molecular formula is C13H20BrN3. The predicted octanol–water partition coefficient (Wildman–Crippen LogP) is 3.44. The van der Waals surface area contributed by atoms with E-state index in [1.807, 2.05) is 12.3 Å². The van der Waals surface area contributed by atoms with Gasteiger partial charge in [0.15, 0.2) is 5.82 Å². The number of rotatable bonds is 2. The highest BCUT2D eigenvalue weighted by molar-refractivity contribution is 9.10. The number of nitrogens with zero attached hydrogens (tertiary/aromatic N) is 2. The molecule has 0 aliphatic carbocycles. The summed E-state index contributed by atoms with van der Waals surface area (Å²) in [6.07, 6.45) is 6.96. The van der Waals surface area contributed by atoms with E-state index in [9.17, 15) is 0 Å². The molecule has 2 N–H and O–H groups in total. The van der Waals surface area contributed by atoms with Crippen molar-refractivity contribution in [1.29, 1.82) is 0 Å². The zero-order chi connectivity index (χ0) is 12.3. The van der Waals surface area contributed by atoms with Gasteiger partial charge in [0.1, 0.15) is 0 Å². The highest BCUT2D eigenvalue weighted by Gasteiger charge is 2.18. The normalized spacial score (nSPS) is 21.3. The third kappa shape index (κ3) is 3.12. The summed E-state index contributed by atoms with van der Waals surface area (Å²) in [6, 6.07) is 1.94.